The van der Waals surface area contributed by atoms with Gasteiger partial charge in [0.25, 0.3) is 6.43 Å². The molecule has 3 nitrogen and oxygen atoms in total. The highest BCUT2D eigenvalue weighted by atomic mass is 32.1. The largest absolute Gasteiger partial charge is 0.375 e. The van der Waals surface area contributed by atoms with E-state index in [2.05, 4.69) is 9.97 Å². The van der Waals surface area contributed by atoms with Crippen LogP contribution < -0.4 is 0 Å². The number of nitrogens with zero attached hydrogens (tertiary/aromatic N) is 1. The molecule has 0 radical (unpaired) electrons. The summed E-state index contributed by atoms with van der Waals surface area (Å²) in [4.78, 5) is 7.31. The van der Waals surface area contributed by atoms with Gasteiger partial charge in [0.05, 0.1) is 6.61 Å². The number of alkyl halides is 2. The molecule has 0 aliphatic heterocycles. The fourth-order valence-electron chi connectivity index (χ4n) is 1.74. The third-order valence-corrected chi connectivity index (χ3v) is 2.81. The molecule has 0 saturated carbocycles. The van der Waals surface area contributed by atoms with Crippen LogP contribution in [0.1, 0.15) is 5.82 Å². The molecule has 2 aromatic rings. The Morgan fingerprint density at radius 2 is 2.00 bits per heavy atom. The fraction of sp³-hybridized carbons (Fsp3) is 0.286. The molecule has 20 heavy (non-hydrogen) atoms. The van der Waals surface area contributed by atoms with Crippen molar-refractivity contribution >= 4 is 12.2 Å². The summed E-state index contributed by atoms with van der Waals surface area (Å²) in [6.45, 7) is -0.375. The third-order valence-electron chi connectivity index (χ3n) is 2.60. The van der Waals surface area contributed by atoms with Crippen LogP contribution in [0.25, 0.3) is 11.3 Å². The first kappa shape index (κ1) is 14.7. The lowest BCUT2D eigenvalue weighted by Gasteiger charge is -2.07. The summed E-state index contributed by atoms with van der Waals surface area (Å²) in [6, 6.07) is 11.5. The highest BCUT2D eigenvalue weighted by Gasteiger charge is 2.04. The van der Waals surface area contributed by atoms with E-state index in [4.69, 9.17) is 17.0 Å². The maximum Gasteiger partial charge on any atom is 0.261 e. The van der Waals surface area contributed by atoms with Crippen molar-refractivity contribution in [2.75, 3.05) is 13.2 Å². The summed E-state index contributed by atoms with van der Waals surface area (Å²) in [5.41, 5.74) is 1.85. The number of nitrogens with one attached hydrogen (secondary N) is 1. The second-order valence-corrected chi connectivity index (χ2v) is 4.58. The van der Waals surface area contributed by atoms with Crippen LogP contribution in [0.5, 0.6) is 0 Å². The van der Waals surface area contributed by atoms with Crippen LogP contribution >= 0.6 is 12.2 Å². The summed E-state index contributed by atoms with van der Waals surface area (Å²) in [5, 5.41) is 0. The van der Waals surface area contributed by atoms with Gasteiger partial charge in [0, 0.05) is 12.1 Å². The van der Waals surface area contributed by atoms with E-state index < -0.39 is 13.0 Å². The minimum Gasteiger partial charge on any atom is -0.375 e. The van der Waals surface area contributed by atoms with Crippen LogP contribution in [-0.4, -0.2) is 29.6 Å². The van der Waals surface area contributed by atoms with Crippen molar-refractivity contribution in [2.24, 2.45) is 0 Å². The zero-order valence-electron chi connectivity index (χ0n) is 10.7. The van der Waals surface area contributed by atoms with Gasteiger partial charge < -0.3 is 9.72 Å². The molecule has 0 aliphatic rings. The topological polar surface area (TPSA) is 37.9 Å². The Bertz CT molecular complexity index is 602. The molecule has 0 spiro atoms. The van der Waals surface area contributed by atoms with Gasteiger partial charge in [-0.25, -0.2) is 13.8 Å². The summed E-state index contributed by atoms with van der Waals surface area (Å²) in [5.74, 6) is 0.630. The molecular weight excluding hydrogens is 282 g/mol. The maximum absolute atomic E-state index is 11.9. The van der Waals surface area contributed by atoms with Crippen LogP contribution in [0.3, 0.4) is 0 Å². The molecule has 0 fully saturated rings. The number of rotatable bonds is 6. The van der Waals surface area contributed by atoms with Crippen molar-refractivity contribution in [1.29, 1.82) is 0 Å². The first-order valence-corrected chi connectivity index (χ1v) is 6.57. The van der Waals surface area contributed by atoms with E-state index in [1.54, 1.807) is 6.07 Å². The van der Waals surface area contributed by atoms with Gasteiger partial charge in [-0.2, -0.15) is 0 Å². The van der Waals surface area contributed by atoms with E-state index in [1.807, 2.05) is 30.3 Å². The Morgan fingerprint density at radius 1 is 1.25 bits per heavy atom. The fourth-order valence-corrected chi connectivity index (χ4v) is 1.97. The smallest absolute Gasteiger partial charge is 0.261 e. The van der Waals surface area contributed by atoms with Crippen molar-refractivity contribution in [3.05, 3.63) is 46.9 Å². The number of aromatic amines is 1. The third kappa shape index (κ3) is 4.47. The molecule has 1 aromatic heterocycles. The average molecular weight is 296 g/mol. The van der Waals surface area contributed by atoms with Crippen molar-refractivity contribution in [3.63, 3.8) is 0 Å². The molecule has 0 atom stereocenters. The van der Waals surface area contributed by atoms with Crippen LogP contribution in [0.4, 0.5) is 8.78 Å². The van der Waals surface area contributed by atoms with Gasteiger partial charge in [-0.1, -0.05) is 42.5 Å². The number of hydrogen-bond donors (Lipinski definition) is 1. The van der Waals surface area contributed by atoms with Crippen LogP contribution in [0.15, 0.2) is 36.4 Å². The van der Waals surface area contributed by atoms with Gasteiger partial charge >= 0.3 is 0 Å². The number of hydrogen-bond acceptors (Lipinski definition) is 3. The predicted molar refractivity (Wildman–Crippen MR) is 75.4 cm³/mol. The summed E-state index contributed by atoms with van der Waals surface area (Å²) in [6.07, 6.45) is -2.03. The molecule has 0 amide bonds. The van der Waals surface area contributed by atoms with Crippen molar-refractivity contribution in [1.82, 2.24) is 9.97 Å². The van der Waals surface area contributed by atoms with E-state index in [0.29, 0.717) is 16.9 Å². The van der Waals surface area contributed by atoms with Crippen LogP contribution in [-0.2, 0) is 11.2 Å². The lowest BCUT2D eigenvalue weighted by molar-refractivity contribution is 0.0183. The SMILES string of the molecule is FC(F)COCCc1nc(=S)cc(-c2ccccc2)[nH]1. The van der Waals surface area contributed by atoms with Gasteiger partial charge in [0.15, 0.2) is 0 Å². The zero-order chi connectivity index (χ0) is 14.4. The zero-order valence-corrected chi connectivity index (χ0v) is 11.5. The highest BCUT2D eigenvalue weighted by molar-refractivity contribution is 7.71. The molecular formula is C14H14F2N2OS. The van der Waals surface area contributed by atoms with Crippen LogP contribution in [0, 0.1) is 4.64 Å². The van der Waals surface area contributed by atoms with Gasteiger partial charge in [0.1, 0.15) is 17.1 Å². The van der Waals surface area contributed by atoms with Gasteiger partial charge in [-0.3, -0.25) is 0 Å². The van der Waals surface area contributed by atoms with E-state index in [0.717, 1.165) is 11.3 Å². The monoisotopic (exact) mass is 296 g/mol. The molecule has 0 aliphatic carbocycles. The van der Waals surface area contributed by atoms with Crippen LogP contribution in [0.2, 0.25) is 0 Å². The Labute approximate surface area is 120 Å². The molecule has 0 bridgehead atoms. The lowest BCUT2D eigenvalue weighted by atomic mass is 10.1. The molecule has 106 valence electrons. The highest BCUT2D eigenvalue weighted by Crippen LogP contribution is 2.16. The second-order valence-electron chi connectivity index (χ2n) is 4.16. The van der Waals surface area contributed by atoms with Crippen molar-refractivity contribution in [2.45, 2.75) is 12.8 Å². The van der Waals surface area contributed by atoms with Gasteiger partial charge in [-0.15, -0.1) is 0 Å². The average Bonchev–Trinajstić information content (AvgIpc) is 2.44. The molecule has 1 heterocycles. The van der Waals surface area contributed by atoms with E-state index >= 15 is 0 Å². The Kier molecular flexibility index (Phi) is 5.31. The molecule has 1 N–H and O–H groups in total. The summed E-state index contributed by atoms with van der Waals surface area (Å²) >= 11 is 5.12. The lowest BCUT2D eigenvalue weighted by Crippen LogP contribution is -2.09. The normalized spacial score (nSPS) is 10.9. The summed E-state index contributed by atoms with van der Waals surface area (Å²) in [7, 11) is 0. The van der Waals surface area contributed by atoms with E-state index in [-0.39, 0.29) is 6.61 Å². The Morgan fingerprint density at radius 3 is 2.70 bits per heavy atom. The van der Waals surface area contributed by atoms with Crippen molar-refractivity contribution in [3.8, 4) is 11.3 Å². The quantitative estimate of drug-likeness (QED) is 0.653. The molecule has 1 aromatic carbocycles. The number of benzene rings is 1. The minimum atomic E-state index is -2.45. The number of H-pyrrole nitrogens is 1. The van der Waals surface area contributed by atoms with Crippen molar-refractivity contribution < 1.29 is 13.5 Å². The first-order chi connectivity index (χ1) is 9.65. The number of ether oxygens (including phenoxy) is 1. The summed E-state index contributed by atoms with van der Waals surface area (Å²) < 4.78 is 29.2. The number of aromatic nitrogens is 2. The van der Waals surface area contributed by atoms with Gasteiger partial charge in [-0.05, 0) is 11.6 Å². The van der Waals surface area contributed by atoms with Gasteiger partial charge in [0.2, 0.25) is 0 Å². The molecule has 2 rings (SSSR count). The maximum atomic E-state index is 11.9. The Hall–Kier alpha value is -1.66. The number of halogens is 2. The molecule has 6 heteroatoms. The minimum absolute atomic E-state index is 0.181. The van der Waals surface area contributed by atoms with E-state index in [9.17, 15) is 8.78 Å². The van der Waals surface area contributed by atoms with E-state index in [1.165, 1.54) is 0 Å². The second kappa shape index (κ2) is 7.21. The standard InChI is InChI=1S/C14H14F2N2OS/c15-12(16)9-19-7-6-13-17-11(8-14(20)18-13)10-4-2-1-3-5-10/h1-5,8,12H,6-7,9H2,(H,17,18,20). The predicted octanol–water partition coefficient (Wildman–Crippen LogP) is 3.63. The molecule has 0 saturated heterocycles. The Balaban J connectivity index is 2.07. The molecule has 0 unspecified atom stereocenters. The first-order valence-electron chi connectivity index (χ1n) is 6.16.